The molecule has 3 rings (SSSR count). The normalized spacial score (nSPS) is 18.5. The van der Waals surface area contributed by atoms with E-state index in [1.807, 2.05) is 25.2 Å². The summed E-state index contributed by atoms with van der Waals surface area (Å²) in [4.78, 5) is 22.4. The molecule has 1 aliphatic heterocycles. The van der Waals surface area contributed by atoms with Crippen LogP contribution in [0.5, 0.6) is 0 Å². The first-order valence-corrected chi connectivity index (χ1v) is 8.29. The number of anilines is 1. The van der Waals surface area contributed by atoms with Crippen LogP contribution in [0.4, 0.5) is 5.13 Å². The number of piperidine rings is 1. The van der Waals surface area contributed by atoms with Gasteiger partial charge in [0.15, 0.2) is 5.13 Å². The number of likely N-dealkylation sites (N-methyl/N-ethyl adjacent to an activating group) is 1. The SMILES string of the molecule is Cc1cnc(N2CCCC(N(C)C(=O)c3cnn(C)c3)C2)s1. The van der Waals surface area contributed by atoms with Gasteiger partial charge < -0.3 is 9.80 Å². The van der Waals surface area contributed by atoms with Crippen LogP contribution < -0.4 is 4.90 Å². The molecule has 0 aliphatic carbocycles. The van der Waals surface area contributed by atoms with Gasteiger partial charge in [-0.25, -0.2) is 4.98 Å². The molecule has 7 heteroatoms. The number of carbonyl (C=O) groups is 1. The maximum absolute atomic E-state index is 12.5. The number of thiazole rings is 1. The van der Waals surface area contributed by atoms with Crippen molar-refractivity contribution in [2.75, 3.05) is 25.0 Å². The molecule has 6 nitrogen and oxygen atoms in total. The number of aryl methyl sites for hydroxylation is 2. The maximum atomic E-state index is 12.5. The lowest BCUT2D eigenvalue weighted by molar-refractivity contribution is 0.0717. The zero-order chi connectivity index (χ0) is 15.7. The molecule has 1 atom stereocenters. The second-order valence-corrected chi connectivity index (χ2v) is 7.03. The van der Waals surface area contributed by atoms with E-state index in [1.54, 1.807) is 28.4 Å². The smallest absolute Gasteiger partial charge is 0.257 e. The highest BCUT2D eigenvalue weighted by molar-refractivity contribution is 7.15. The highest BCUT2D eigenvalue weighted by atomic mass is 32.1. The Balaban J connectivity index is 1.70. The molecule has 2 aromatic rings. The van der Waals surface area contributed by atoms with Crippen LogP contribution in [0.15, 0.2) is 18.6 Å². The lowest BCUT2D eigenvalue weighted by atomic mass is 10.0. The van der Waals surface area contributed by atoms with Crippen molar-refractivity contribution in [3.63, 3.8) is 0 Å². The first-order valence-electron chi connectivity index (χ1n) is 7.48. The molecule has 0 saturated carbocycles. The standard InChI is InChI=1S/C15H21N5OS/c1-11-7-16-15(22-11)20-6-4-5-13(10-20)19(3)14(21)12-8-17-18(2)9-12/h7-9,13H,4-6,10H2,1-3H3. The van der Waals surface area contributed by atoms with E-state index < -0.39 is 0 Å². The molecule has 0 N–H and O–H groups in total. The van der Waals surface area contributed by atoms with E-state index in [0.717, 1.165) is 31.1 Å². The molecule has 0 aromatic carbocycles. The highest BCUT2D eigenvalue weighted by Crippen LogP contribution is 2.26. The zero-order valence-electron chi connectivity index (χ0n) is 13.2. The van der Waals surface area contributed by atoms with Crippen molar-refractivity contribution in [2.45, 2.75) is 25.8 Å². The fourth-order valence-corrected chi connectivity index (χ4v) is 3.63. The molecule has 1 amide bonds. The maximum Gasteiger partial charge on any atom is 0.257 e. The molecule has 0 radical (unpaired) electrons. The number of hydrogen-bond donors (Lipinski definition) is 0. The van der Waals surface area contributed by atoms with Gasteiger partial charge in [-0.1, -0.05) is 0 Å². The van der Waals surface area contributed by atoms with Gasteiger partial charge in [0.2, 0.25) is 0 Å². The Morgan fingerprint density at radius 1 is 1.45 bits per heavy atom. The van der Waals surface area contributed by atoms with E-state index >= 15 is 0 Å². The Morgan fingerprint density at radius 3 is 2.91 bits per heavy atom. The predicted molar refractivity (Wildman–Crippen MR) is 87.4 cm³/mol. The molecular formula is C15H21N5OS. The van der Waals surface area contributed by atoms with Crippen LogP contribution in [0.3, 0.4) is 0 Å². The Kier molecular flexibility index (Phi) is 4.15. The summed E-state index contributed by atoms with van der Waals surface area (Å²) in [7, 11) is 3.71. The summed E-state index contributed by atoms with van der Waals surface area (Å²) in [6, 6.07) is 0.214. The molecule has 3 heterocycles. The number of aromatic nitrogens is 3. The second-order valence-electron chi connectivity index (χ2n) is 5.81. The quantitative estimate of drug-likeness (QED) is 0.867. The third kappa shape index (κ3) is 2.99. The van der Waals surface area contributed by atoms with Gasteiger partial charge in [0.25, 0.3) is 5.91 Å². The van der Waals surface area contributed by atoms with E-state index in [2.05, 4.69) is 21.9 Å². The summed E-state index contributed by atoms with van der Waals surface area (Å²) in [6.45, 7) is 3.93. The Bertz CT molecular complexity index is 664. The lowest BCUT2D eigenvalue weighted by Gasteiger charge is -2.37. The minimum absolute atomic E-state index is 0.0373. The summed E-state index contributed by atoms with van der Waals surface area (Å²) >= 11 is 1.71. The van der Waals surface area contributed by atoms with Crippen LogP contribution in [-0.4, -0.2) is 51.8 Å². The number of amides is 1. The van der Waals surface area contributed by atoms with Crippen LogP contribution >= 0.6 is 11.3 Å². The Morgan fingerprint density at radius 2 is 2.27 bits per heavy atom. The van der Waals surface area contributed by atoms with Gasteiger partial charge in [-0.15, -0.1) is 11.3 Å². The Hall–Kier alpha value is -1.89. The van der Waals surface area contributed by atoms with Crippen LogP contribution in [-0.2, 0) is 7.05 Å². The van der Waals surface area contributed by atoms with Gasteiger partial charge in [0.1, 0.15) is 0 Å². The number of carbonyl (C=O) groups excluding carboxylic acids is 1. The van der Waals surface area contributed by atoms with Gasteiger partial charge in [0.05, 0.1) is 11.8 Å². The van der Waals surface area contributed by atoms with Crippen molar-refractivity contribution in [1.29, 1.82) is 0 Å². The Labute approximate surface area is 134 Å². The van der Waals surface area contributed by atoms with E-state index in [1.165, 1.54) is 4.88 Å². The molecule has 1 saturated heterocycles. The molecule has 1 aliphatic rings. The first kappa shape index (κ1) is 15.0. The fourth-order valence-electron chi connectivity index (χ4n) is 2.83. The summed E-state index contributed by atoms with van der Waals surface area (Å²) in [6.07, 6.45) is 7.42. The number of rotatable bonds is 3. The predicted octanol–water partition coefficient (Wildman–Crippen LogP) is 1.93. The topological polar surface area (TPSA) is 54.3 Å². The molecule has 1 unspecified atom stereocenters. The van der Waals surface area contributed by atoms with Gasteiger partial charge >= 0.3 is 0 Å². The van der Waals surface area contributed by atoms with Crippen molar-refractivity contribution in [3.05, 3.63) is 29.0 Å². The van der Waals surface area contributed by atoms with Crippen LogP contribution in [0.1, 0.15) is 28.1 Å². The largest absolute Gasteiger partial charge is 0.346 e. The van der Waals surface area contributed by atoms with E-state index in [0.29, 0.717) is 5.56 Å². The molecule has 0 bridgehead atoms. The van der Waals surface area contributed by atoms with Crippen LogP contribution in [0.2, 0.25) is 0 Å². The first-order chi connectivity index (χ1) is 10.5. The van der Waals surface area contributed by atoms with Gasteiger partial charge in [-0.2, -0.15) is 5.10 Å². The van der Waals surface area contributed by atoms with Crippen molar-refractivity contribution in [1.82, 2.24) is 19.7 Å². The third-order valence-corrected chi connectivity index (χ3v) is 5.07. The van der Waals surface area contributed by atoms with Gasteiger partial charge in [-0.05, 0) is 19.8 Å². The molecule has 2 aromatic heterocycles. The van der Waals surface area contributed by atoms with Crippen LogP contribution in [0.25, 0.3) is 0 Å². The number of hydrogen-bond acceptors (Lipinski definition) is 5. The van der Waals surface area contributed by atoms with E-state index in [9.17, 15) is 4.79 Å². The lowest BCUT2D eigenvalue weighted by Crippen LogP contribution is -2.48. The van der Waals surface area contributed by atoms with Gasteiger partial charge in [0, 0.05) is 50.5 Å². The summed E-state index contributed by atoms with van der Waals surface area (Å²) < 4.78 is 1.66. The van der Waals surface area contributed by atoms with Gasteiger partial charge in [-0.3, -0.25) is 9.48 Å². The van der Waals surface area contributed by atoms with Crippen molar-refractivity contribution < 1.29 is 4.79 Å². The monoisotopic (exact) mass is 319 g/mol. The van der Waals surface area contributed by atoms with Crippen molar-refractivity contribution >= 4 is 22.4 Å². The minimum Gasteiger partial charge on any atom is -0.346 e. The highest BCUT2D eigenvalue weighted by Gasteiger charge is 2.28. The zero-order valence-corrected chi connectivity index (χ0v) is 14.0. The average molecular weight is 319 g/mol. The summed E-state index contributed by atoms with van der Waals surface area (Å²) in [5.41, 5.74) is 0.646. The van der Waals surface area contributed by atoms with Crippen LogP contribution in [0, 0.1) is 6.92 Å². The molecule has 1 fully saturated rings. The molecular weight excluding hydrogens is 298 g/mol. The van der Waals surface area contributed by atoms with E-state index in [-0.39, 0.29) is 11.9 Å². The fraction of sp³-hybridized carbons (Fsp3) is 0.533. The number of nitrogens with zero attached hydrogens (tertiary/aromatic N) is 5. The van der Waals surface area contributed by atoms with E-state index in [4.69, 9.17) is 0 Å². The minimum atomic E-state index is 0.0373. The molecule has 0 spiro atoms. The summed E-state index contributed by atoms with van der Waals surface area (Å²) in [5, 5.41) is 5.14. The average Bonchev–Trinajstić information content (AvgIpc) is 3.14. The van der Waals surface area contributed by atoms with Crippen molar-refractivity contribution in [3.8, 4) is 0 Å². The molecule has 118 valence electrons. The summed E-state index contributed by atoms with van der Waals surface area (Å²) in [5.74, 6) is 0.0373. The second kappa shape index (κ2) is 6.08. The molecule has 22 heavy (non-hydrogen) atoms. The third-order valence-electron chi connectivity index (χ3n) is 4.10. The van der Waals surface area contributed by atoms with Crippen molar-refractivity contribution in [2.24, 2.45) is 7.05 Å².